The monoisotopic (exact) mass is 216 g/mol. The molecule has 0 aliphatic rings. The van der Waals surface area contributed by atoms with Gasteiger partial charge in [0.1, 0.15) is 5.69 Å². The molecule has 4 nitrogen and oxygen atoms in total. The number of ether oxygens (including phenoxy) is 1. The van der Waals surface area contributed by atoms with Crippen LogP contribution in [-0.2, 0) is 4.74 Å². The molecule has 0 spiro atoms. The Bertz CT molecular complexity index is 503. The highest BCUT2D eigenvalue weighted by molar-refractivity contribution is 5.91. The number of hydrogen-bond donors (Lipinski definition) is 1. The number of hydrogen-bond acceptors (Lipinski definition) is 3. The summed E-state index contributed by atoms with van der Waals surface area (Å²) in [5.74, 6) is -0.349. The van der Waals surface area contributed by atoms with Crippen LogP contribution in [-0.4, -0.2) is 23.0 Å². The fourth-order valence-corrected chi connectivity index (χ4v) is 1.64. The molecule has 2 rings (SSSR count). The van der Waals surface area contributed by atoms with E-state index in [-0.39, 0.29) is 5.97 Å². The highest BCUT2D eigenvalue weighted by Crippen LogP contribution is 2.25. The Morgan fingerprint density at radius 2 is 2.06 bits per heavy atom. The van der Waals surface area contributed by atoms with Crippen molar-refractivity contribution < 1.29 is 9.53 Å². The van der Waals surface area contributed by atoms with Crippen molar-refractivity contribution in [3.63, 3.8) is 0 Å². The highest BCUT2D eigenvalue weighted by Gasteiger charge is 2.15. The largest absolute Gasteiger partial charge is 0.464 e. The van der Waals surface area contributed by atoms with Gasteiger partial charge in [-0.05, 0) is 30.2 Å². The van der Waals surface area contributed by atoms with Gasteiger partial charge in [-0.2, -0.15) is 0 Å². The Kier molecular flexibility index (Phi) is 2.72. The molecule has 0 aromatic carbocycles. The van der Waals surface area contributed by atoms with Crippen LogP contribution in [0.5, 0.6) is 0 Å². The Hall–Kier alpha value is -2.10. The van der Waals surface area contributed by atoms with E-state index in [0.717, 1.165) is 16.7 Å². The number of carbonyl (C=O) groups is 1. The van der Waals surface area contributed by atoms with Gasteiger partial charge < -0.3 is 9.72 Å². The molecule has 1 N–H and O–H groups in total. The molecule has 0 fully saturated rings. The van der Waals surface area contributed by atoms with Gasteiger partial charge in [0, 0.05) is 24.2 Å². The summed E-state index contributed by atoms with van der Waals surface area (Å²) < 4.78 is 4.68. The predicted octanol–water partition coefficient (Wildman–Crippen LogP) is 2.17. The number of H-pyrrole nitrogens is 1. The van der Waals surface area contributed by atoms with Crippen LogP contribution >= 0.6 is 0 Å². The summed E-state index contributed by atoms with van der Waals surface area (Å²) >= 11 is 0. The predicted molar refractivity (Wildman–Crippen MR) is 60.1 cm³/mol. The van der Waals surface area contributed by atoms with Gasteiger partial charge in [-0.15, -0.1) is 0 Å². The highest BCUT2D eigenvalue weighted by atomic mass is 16.5. The van der Waals surface area contributed by atoms with Crippen molar-refractivity contribution in [2.75, 3.05) is 7.11 Å². The first-order chi connectivity index (χ1) is 7.74. The standard InChI is InChI=1S/C12H12N2O2/c1-8-10(9-3-5-13-6-4-9)7-14-11(8)12(15)16-2/h3-7,14H,1-2H3. The van der Waals surface area contributed by atoms with Crippen molar-refractivity contribution in [1.29, 1.82) is 0 Å². The molecule has 82 valence electrons. The van der Waals surface area contributed by atoms with Crippen molar-refractivity contribution in [3.8, 4) is 11.1 Å². The third-order valence-corrected chi connectivity index (χ3v) is 2.52. The van der Waals surface area contributed by atoms with Crippen LogP contribution < -0.4 is 0 Å². The van der Waals surface area contributed by atoms with Crippen LogP contribution in [0.2, 0.25) is 0 Å². The van der Waals surface area contributed by atoms with E-state index >= 15 is 0 Å². The normalized spacial score (nSPS) is 10.1. The number of nitrogens with one attached hydrogen (secondary N) is 1. The summed E-state index contributed by atoms with van der Waals surface area (Å²) in [6.07, 6.45) is 5.25. The van der Waals surface area contributed by atoms with Crippen LogP contribution in [0.3, 0.4) is 0 Å². The van der Waals surface area contributed by atoms with E-state index in [2.05, 4.69) is 14.7 Å². The van der Waals surface area contributed by atoms with Crippen molar-refractivity contribution in [1.82, 2.24) is 9.97 Å². The number of nitrogens with zero attached hydrogens (tertiary/aromatic N) is 1. The average Bonchev–Trinajstić information content (AvgIpc) is 2.71. The Labute approximate surface area is 93.3 Å². The van der Waals surface area contributed by atoms with Gasteiger partial charge in [-0.3, -0.25) is 4.98 Å². The number of aromatic nitrogens is 2. The van der Waals surface area contributed by atoms with Crippen molar-refractivity contribution in [2.45, 2.75) is 6.92 Å². The van der Waals surface area contributed by atoms with E-state index in [1.165, 1.54) is 7.11 Å². The quantitative estimate of drug-likeness (QED) is 0.783. The summed E-state index contributed by atoms with van der Waals surface area (Å²) in [6, 6.07) is 3.80. The maximum absolute atomic E-state index is 11.4. The molecule has 0 atom stereocenters. The Balaban J connectivity index is 2.45. The molecule has 4 heteroatoms. The molecule has 0 radical (unpaired) electrons. The molecular weight excluding hydrogens is 204 g/mol. The lowest BCUT2D eigenvalue weighted by atomic mass is 10.1. The zero-order valence-corrected chi connectivity index (χ0v) is 9.15. The Morgan fingerprint density at radius 1 is 1.38 bits per heavy atom. The molecule has 0 aliphatic carbocycles. The third kappa shape index (κ3) is 1.69. The lowest BCUT2D eigenvalue weighted by molar-refractivity contribution is 0.0594. The van der Waals surface area contributed by atoms with Gasteiger partial charge in [0.05, 0.1) is 7.11 Å². The van der Waals surface area contributed by atoms with Crippen LogP contribution in [0.1, 0.15) is 16.1 Å². The van der Waals surface area contributed by atoms with Crippen LogP contribution in [0.25, 0.3) is 11.1 Å². The topological polar surface area (TPSA) is 55.0 Å². The minimum Gasteiger partial charge on any atom is -0.464 e. The molecule has 2 aromatic heterocycles. The number of aromatic amines is 1. The molecule has 16 heavy (non-hydrogen) atoms. The van der Waals surface area contributed by atoms with E-state index in [1.54, 1.807) is 18.6 Å². The second-order valence-corrected chi connectivity index (χ2v) is 3.43. The van der Waals surface area contributed by atoms with Crippen molar-refractivity contribution >= 4 is 5.97 Å². The molecular formula is C12H12N2O2. The smallest absolute Gasteiger partial charge is 0.354 e. The molecule has 0 saturated carbocycles. The SMILES string of the molecule is COC(=O)c1[nH]cc(-c2ccncc2)c1C. The van der Waals surface area contributed by atoms with Crippen LogP contribution in [0.15, 0.2) is 30.7 Å². The second-order valence-electron chi connectivity index (χ2n) is 3.43. The minimum atomic E-state index is -0.349. The van der Waals surface area contributed by atoms with Gasteiger partial charge in [0.25, 0.3) is 0 Å². The van der Waals surface area contributed by atoms with Crippen molar-refractivity contribution in [3.05, 3.63) is 42.0 Å². The number of pyridine rings is 1. The minimum absolute atomic E-state index is 0.349. The van der Waals surface area contributed by atoms with Gasteiger partial charge in [0.15, 0.2) is 0 Å². The molecule has 0 unspecified atom stereocenters. The first-order valence-corrected chi connectivity index (χ1v) is 4.90. The summed E-state index contributed by atoms with van der Waals surface area (Å²) in [5.41, 5.74) is 3.40. The maximum atomic E-state index is 11.4. The third-order valence-electron chi connectivity index (χ3n) is 2.52. The summed E-state index contributed by atoms with van der Waals surface area (Å²) in [6.45, 7) is 1.89. The van der Waals surface area contributed by atoms with Crippen LogP contribution in [0, 0.1) is 6.92 Å². The zero-order valence-electron chi connectivity index (χ0n) is 9.15. The number of rotatable bonds is 2. The van der Waals surface area contributed by atoms with E-state index in [0.29, 0.717) is 5.69 Å². The van der Waals surface area contributed by atoms with Gasteiger partial charge in [0.2, 0.25) is 0 Å². The number of carbonyl (C=O) groups excluding carboxylic acids is 1. The van der Waals surface area contributed by atoms with E-state index in [4.69, 9.17) is 0 Å². The van der Waals surface area contributed by atoms with E-state index in [1.807, 2.05) is 19.1 Å². The molecule has 2 aromatic rings. The first kappa shape index (κ1) is 10.4. The van der Waals surface area contributed by atoms with Crippen molar-refractivity contribution in [2.24, 2.45) is 0 Å². The lowest BCUT2D eigenvalue weighted by Gasteiger charge is -2.00. The second kappa shape index (κ2) is 4.18. The van der Waals surface area contributed by atoms with E-state index < -0.39 is 0 Å². The molecule has 0 amide bonds. The zero-order chi connectivity index (χ0) is 11.5. The molecule has 0 aliphatic heterocycles. The fourth-order valence-electron chi connectivity index (χ4n) is 1.64. The first-order valence-electron chi connectivity index (χ1n) is 4.90. The molecule has 0 bridgehead atoms. The van der Waals surface area contributed by atoms with Crippen LogP contribution in [0.4, 0.5) is 0 Å². The fraction of sp³-hybridized carbons (Fsp3) is 0.167. The summed E-state index contributed by atoms with van der Waals surface area (Å²) in [4.78, 5) is 18.3. The summed E-state index contributed by atoms with van der Waals surface area (Å²) in [7, 11) is 1.37. The molecule has 0 saturated heterocycles. The van der Waals surface area contributed by atoms with Gasteiger partial charge in [-0.1, -0.05) is 0 Å². The lowest BCUT2D eigenvalue weighted by Crippen LogP contribution is -2.03. The number of methoxy groups -OCH3 is 1. The summed E-state index contributed by atoms with van der Waals surface area (Å²) in [5, 5.41) is 0. The Morgan fingerprint density at radius 3 is 2.69 bits per heavy atom. The molecule has 2 heterocycles. The average molecular weight is 216 g/mol. The maximum Gasteiger partial charge on any atom is 0.354 e. The van der Waals surface area contributed by atoms with E-state index in [9.17, 15) is 4.79 Å². The number of esters is 1. The van der Waals surface area contributed by atoms with Gasteiger partial charge >= 0.3 is 5.97 Å². The van der Waals surface area contributed by atoms with Gasteiger partial charge in [-0.25, -0.2) is 4.79 Å².